The lowest BCUT2D eigenvalue weighted by atomic mass is 10.0. The molecule has 8 heteroatoms. The SMILES string of the molecule is CC1CCC(c2ccccc2)S(=O)(=O)N1Cc1ccc(C(=O)N2CCN(C(=O)C3CC3)CC2)cc1. The highest BCUT2D eigenvalue weighted by atomic mass is 32.2. The van der Waals surface area contributed by atoms with E-state index in [0.29, 0.717) is 44.7 Å². The van der Waals surface area contributed by atoms with Gasteiger partial charge in [0.05, 0.1) is 0 Å². The quantitative estimate of drug-likeness (QED) is 0.637. The number of sulfonamides is 1. The third kappa shape index (κ3) is 5.00. The van der Waals surface area contributed by atoms with Gasteiger partial charge in [-0.25, -0.2) is 8.42 Å². The Balaban J connectivity index is 1.23. The maximum Gasteiger partial charge on any atom is 0.253 e. The number of hydrogen-bond acceptors (Lipinski definition) is 4. The van der Waals surface area contributed by atoms with Crippen LogP contribution in [0.4, 0.5) is 0 Å². The third-order valence-electron chi connectivity index (χ3n) is 7.54. The first kappa shape index (κ1) is 24.0. The first-order valence-electron chi connectivity index (χ1n) is 12.6. The number of amides is 2. The topological polar surface area (TPSA) is 78.0 Å². The molecule has 7 nitrogen and oxygen atoms in total. The van der Waals surface area contributed by atoms with Crippen molar-refractivity contribution in [2.75, 3.05) is 26.2 Å². The highest BCUT2D eigenvalue weighted by Crippen LogP contribution is 2.38. The predicted octanol–water partition coefficient (Wildman–Crippen LogP) is 3.44. The largest absolute Gasteiger partial charge is 0.339 e. The lowest BCUT2D eigenvalue weighted by Gasteiger charge is -2.37. The zero-order chi connectivity index (χ0) is 24.6. The number of nitrogens with zero attached hydrogens (tertiary/aromatic N) is 3. The molecule has 2 aliphatic heterocycles. The standard InChI is InChI=1S/C27H33N3O4S/c1-20-7-14-25(22-5-3-2-4-6-22)35(33,34)30(20)19-21-8-10-23(11-9-21)26(31)28-15-17-29(18-16-28)27(32)24-12-13-24/h2-6,8-11,20,24-25H,7,12-19H2,1H3. The summed E-state index contributed by atoms with van der Waals surface area (Å²) in [5.41, 5.74) is 2.29. The maximum absolute atomic E-state index is 13.5. The van der Waals surface area contributed by atoms with Crippen molar-refractivity contribution < 1.29 is 18.0 Å². The molecule has 2 atom stereocenters. The summed E-state index contributed by atoms with van der Waals surface area (Å²) < 4.78 is 28.5. The number of hydrogen-bond donors (Lipinski definition) is 0. The Morgan fingerprint density at radius 3 is 2.09 bits per heavy atom. The molecule has 0 radical (unpaired) electrons. The first-order chi connectivity index (χ1) is 16.8. The Kier molecular flexibility index (Phi) is 6.68. The van der Waals surface area contributed by atoms with Crippen LogP contribution in [0.3, 0.4) is 0 Å². The van der Waals surface area contributed by atoms with Crippen molar-refractivity contribution in [1.29, 1.82) is 0 Å². The molecule has 35 heavy (non-hydrogen) atoms. The van der Waals surface area contributed by atoms with Crippen molar-refractivity contribution in [1.82, 2.24) is 14.1 Å². The molecule has 2 amide bonds. The molecule has 186 valence electrons. The van der Waals surface area contributed by atoms with Crippen LogP contribution in [0.15, 0.2) is 54.6 Å². The average Bonchev–Trinajstić information content (AvgIpc) is 3.72. The minimum atomic E-state index is -3.50. The van der Waals surface area contributed by atoms with E-state index in [2.05, 4.69) is 0 Å². The van der Waals surface area contributed by atoms with Crippen LogP contribution in [0.5, 0.6) is 0 Å². The molecule has 2 aromatic carbocycles. The lowest BCUT2D eigenvalue weighted by Crippen LogP contribution is -2.51. The summed E-state index contributed by atoms with van der Waals surface area (Å²) in [6.07, 6.45) is 3.42. The van der Waals surface area contributed by atoms with Crippen LogP contribution in [-0.4, -0.2) is 66.6 Å². The summed E-state index contributed by atoms with van der Waals surface area (Å²) in [6, 6.07) is 16.7. The van der Waals surface area contributed by atoms with E-state index in [9.17, 15) is 18.0 Å². The van der Waals surface area contributed by atoms with Gasteiger partial charge in [-0.1, -0.05) is 42.5 Å². The Morgan fingerprint density at radius 1 is 0.829 bits per heavy atom. The van der Waals surface area contributed by atoms with Crippen molar-refractivity contribution in [2.24, 2.45) is 5.92 Å². The van der Waals surface area contributed by atoms with Gasteiger partial charge in [-0.3, -0.25) is 9.59 Å². The van der Waals surface area contributed by atoms with Crippen molar-refractivity contribution in [2.45, 2.75) is 50.4 Å². The predicted molar refractivity (Wildman–Crippen MR) is 134 cm³/mol. The lowest BCUT2D eigenvalue weighted by molar-refractivity contribution is -0.134. The molecule has 1 saturated carbocycles. The summed E-state index contributed by atoms with van der Waals surface area (Å²) in [5.74, 6) is 0.398. The van der Waals surface area contributed by atoms with E-state index < -0.39 is 15.3 Å². The van der Waals surface area contributed by atoms with Crippen LogP contribution in [0.1, 0.15) is 59.3 Å². The van der Waals surface area contributed by atoms with Gasteiger partial charge in [0, 0.05) is 50.2 Å². The molecule has 0 N–H and O–H groups in total. The molecular formula is C27H33N3O4S. The second-order valence-corrected chi connectivity index (χ2v) is 12.1. The van der Waals surface area contributed by atoms with Crippen LogP contribution in [0, 0.1) is 5.92 Å². The zero-order valence-electron chi connectivity index (χ0n) is 20.2. The van der Waals surface area contributed by atoms with E-state index in [1.54, 1.807) is 21.3 Å². The summed E-state index contributed by atoms with van der Waals surface area (Å²) in [6.45, 7) is 4.53. The maximum atomic E-state index is 13.5. The highest BCUT2D eigenvalue weighted by Gasteiger charge is 2.40. The first-order valence-corrected chi connectivity index (χ1v) is 14.1. The second-order valence-electron chi connectivity index (χ2n) is 10.0. The van der Waals surface area contributed by atoms with E-state index in [1.807, 2.05) is 54.3 Å². The Bertz CT molecular complexity index is 1170. The Hall–Kier alpha value is -2.71. The van der Waals surface area contributed by atoms with Gasteiger partial charge in [-0.15, -0.1) is 0 Å². The molecule has 2 heterocycles. The molecule has 5 rings (SSSR count). The molecule has 1 aliphatic carbocycles. The van der Waals surface area contributed by atoms with Gasteiger partial charge in [0.25, 0.3) is 5.91 Å². The van der Waals surface area contributed by atoms with Gasteiger partial charge in [-0.2, -0.15) is 4.31 Å². The van der Waals surface area contributed by atoms with Gasteiger partial charge in [0.15, 0.2) is 0 Å². The van der Waals surface area contributed by atoms with Gasteiger partial charge in [0.2, 0.25) is 15.9 Å². The Labute approximate surface area is 207 Å². The molecule has 2 unspecified atom stereocenters. The highest BCUT2D eigenvalue weighted by molar-refractivity contribution is 7.89. The van der Waals surface area contributed by atoms with E-state index in [0.717, 1.165) is 30.4 Å². The number of benzene rings is 2. The molecule has 3 fully saturated rings. The van der Waals surface area contributed by atoms with E-state index >= 15 is 0 Å². The molecule has 2 saturated heterocycles. The van der Waals surface area contributed by atoms with Gasteiger partial charge < -0.3 is 9.80 Å². The number of carbonyl (C=O) groups is 2. The Morgan fingerprint density at radius 2 is 1.46 bits per heavy atom. The monoisotopic (exact) mass is 495 g/mol. The minimum Gasteiger partial charge on any atom is -0.339 e. The summed E-state index contributed by atoms with van der Waals surface area (Å²) in [5, 5.41) is -0.522. The van der Waals surface area contributed by atoms with E-state index in [-0.39, 0.29) is 23.8 Å². The molecule has 0 aromatic heterocycles. The zero-order valence-corrected chi connectivity index (χ0v) is 21.0. The van der Waals surface area contributed by atoms with Crippen LogP contribution >= 0.6 is 0 Å². The van der Waals surface area contributed by atoms with Gasteiger partial charge in [-0.05, 0) is 55.9 Å². The molecule has 3 aliphatic rings. The average molecular weight is 496 g/mol. The number of rotatable bonds is 5. The fourth-order valence-corrected chi connectivity index (χ4v) is 7.38. The van der Waals surface area contributed by atoms with Crippen LogP contribution in [-0.2, 0) is 21.4 Å². The fourth-order valence-electron chi connectivity index (χ4n) is 5.19. The van der Waals surface area contributed by atoms with Crippen LogP contribution in [0.2, 0.25) is 0 Å². The molecule has 0 bridgehead atoms. The van der Waals surface area contributed by atoms with E-state index in [4.69, 9.17) is 0 Å². The van der Waals surface area contributed by atoms with Crippen molar-refractivity contribution in [3.8, 4) is 0 Å². The summed E-state index contributed by atoms with van der Waals surface area (Å²) in [7, 11) is -3.50. The summed E-state index contributed by atoms with van der Waals surface area (Å²) >= 11 is 0. The number of piperazine rings is 1. The normalized spacial score (nSPS) is 24.8. The van der Waals surface area contributed by atoms with Crippen LogP contribution in [0.25, 0.3) is 0 Å². The smallest absolute Gasteiger partial charge is 0.253 e. The molecular weight excluding hydrogens is 462 g/mol. The minimum absolute atomic E-state index is 0.0434. The van der Waals surface area contributed by atoms with Gasteiger partial charge >= 0.3 is 0 Å². The van der Waals surface area contributed by atoms with E-state index in [1.165, 1.54) is 0 Å². The van der Waals surface area contributed by atoms with Crippen molar-refractivity contribution in [3.05, 3.63) is 71.3 Å². The summed E-state index contributed by atoms with van der Waals surface area (Å²) in [4.78, 5) is 28.9. The van der Waals surface area contributed by atoms with Crippen LogP contribution < -0.4 is 0 Å². The van der Waals surface area contributed by atoms with Crippen molar-refractivity contribution >= 4 is 21.8 Å². The fraction of sp³-hybridized carbons (Fsp3) is 0.481. The van der Waals surface area contributed by atoms with Crippen molar-refractivity contribution in [3.63, 3.8) is 0 Å². The third-order valence-corrected chi connectivity index (χ3v) is 9.91. The molecule has 0 spiro atoms. The second kappa shape index (κ2) is 9.74. The molecule has 2 aromatic rings. The number of carbonyl (C=O) groups excluding carboxylic acids is 2. The van der Waals surface area contributed by atoms with Gasteiger partial charge in [0.1, 0.15) is 5.25 Å².